The van der Waals surface area contributed by atoms with Crippen LogP contribution in [-0.2, 0) is 5.41 Å². The summed E-state index contributed by atoms with van der Waals surface area (Å²) >= 11 is 0. The van der Waals surface area contributed by atoms with Gasteiger partial charge in [0.05, 0.1) is 6.07 Å². The van der Waals surface area contributed by atoms with Gasteiger partial charge >= 0.3 is 0 Å². The van der Waals surface area contributed by atoms with Crippen LogP contribution in [0.15, 0.2) is 12.3 Å². The van der Waals surface area contributed by atoms with Gasteiger partial charge < -0.3 is 0 Å². The van der Waals surface area contributed by atoms with Crippen molar-refractivity contribution in [1.29, 1.82) is 5.26 Å². The highest BCUT2D eigenvalue weighted by Gasteiger charge is 2.26. The van der Waals surface area contributed by atoms with Gasteiger partial charge in [0.1, 0.15) is 11.2 Å². The second-order valence-electron chi connectivity index (χ2n) is 4.67. The van der Waals surface area contributed by atoms with E-state index in [1.807, 2.05) is 19.9 Å². The van der Waals surface area contributed by atoms with E-state index in [9.17, 15) is 0 Å². The van der Waals surface area contributed by atoms with Crippen LogP contribution in [0.5, 0.6) is 0 Å². The molecule has 1 aromatic heterocycles. The fraction of sp³-hybridized carbons (Fsp3) is 0.583. The zero-order valence-corrected chi connectivity index (χ0v) is 9.20. The fourth-order valence-corrected chi connectivity index (χ4v) is 1.66. The third kappa shape index (κ3) is 1.85. The van der Waals surface area contributed by atoms with Crippen LogP contribution >= 0.6 is 0 Å². The first-order valence-corrected chi connectivity index (χ1v) is 5.38. The van der Waals surface area contributed by atoms with Gasteiger partial charge in [0.2, 0.25) is 0 Å². The topological polar surface area (TPSA) is 49.6 Å². The highest BCUT2D eigenvalue weighted by atomic mass is 14.9. The Bertz CT molecular complexity index is 400. The Balaban J connectivity index is 2.30. The van der Waals surface area contributed by atoms with Gasteiger partial charge in [0.25, 0.3) is 0 Å². The summed E-state index contributed by atoms with van der Waals surface area (Å²) in [6.07, 6.45) is 5.52. The highest BCUT2D eigenvalue weighted by molar-refractivity contribution is 5.20. The van der Waals surface area contributed by atoms with Crippen LogP contribution in [0.3, 0.4) is 0 Å². The molecule has 0 radical (unpaired) electrons. The van der Waals surface area contributed by atoms with Crippen molar-refractivity contribution in [2.24, 2.45) is 0 Å². The molecule has 78 valence electrons. The maximum Gasteiger partial charge on any atom is 0.148 e. The first kappa shape index (κ1) is 10.1. The second kappa shape index (κ2) is 3.62. The second-order valence-corrected chi connectivity index (χ2v) is 4.67. The summed E-state index contributed by atoms with van der Waals surface area (Å²) < 4.78 is 0. The molecule has 0 unspecified atom stereocenters. The molecule has 0 atom stereocenters. The summed E-state index contributed by atoms with van der Waals surface area (Å²) in [4.78, 5) is 8.69. The fourth-order valence-electron chi connectivity index (χ4n) is 1.66. The number of nitriles is 1. The summed E-state index contributed by atoms with van der Waals surface area (Å²) in [6.45, 7) is 3.71. The minimum atomic E-state index is -0.584. The minimum Gasteiger partial charge on any atom is -0.240 e. The Morgan fingerprint density at radius 1 is 1.47 bits per heavy atom. The predicted octanol–water partition coefficient (Wildman–Crippen LogP) is 2.55. The number of rotatable bonds is 2. The molecule has 15 heavy (non-hydrogen) atoms. The average molecular weight is 201 g/mol. The number of hydrogen-bond donors (Lipinski definition) is 0. The molecule has 1 aliphatic carbocycles. The molecule has 1 saturated carbocycles. The van der Waals surface area contributed by atoms with Crippen LogP contribution in [0, 0.1) is 11.3 Å². The van der Waals surface area contributed by atoms with E-state index >= 15 is 0 Å². The van der Waals surface area contributed by atoms with Crippen molar-refractivity contribution >= 4 is 0 Å². The molecule has 0 spiro atoms. The summed E-state index contributed by atoms with van der Waals surface area (Å²) in [5.74, 6) is 1.25. The third-order valence-corrected chi connectivity index (χ3v) is 3.04. The van der Waals surface area contributed by atoms with E-state index in [1.54, 1.807) is 6.20 Å². The first-order valence-electron chi connectivity index (χ1n) is 5.38. The monoisotopic (exact) mass is 201 g/mol. The van der Waals surface area contributed by atoms with Crippen molar-refractivity contribution in [1.82, 2.24) is 9.97 Å². The van der Waals surface area contributed by atoms with Gasteiger partial charge in [-0.2, -0.15) is 5.26 Å². The highest BCUT2D eigenvalue weighted by Crippen LogP contribution is 2.35. The normalized spacial score (nSPS) is 16.9. The minimum absolute atomic E-state index is 0.584. The van der Waals surface area contributed by atoms with Crippen LogP contribution in [-0.4, -0.2) is 9.97 Å². The lowest BCUT2D eigenvalue weighted by atomic mass is 9.82. The van der Waals surface area contributed by atoms with E-state index < -0.39 is 5.41 Å². The molecule has 3 heteroatoms. The van der Waals surface area contributed by atoms with E-state index in [-0.39, 0.29) is 0 Å². The van der Waals surface area contributed by atoms with Crippen molar-refractivity contribution in [3.8, 4) is 6.07 Å². The molecule has 0 bridgehead atoms. The maximum absolute atomic E-state index is 9.02. The smallest absolute Gasteiger partial charge is 0.148 e. The Morgan fingerprint density at radius 3 is 2.73 bits per heavy atom. The maximum atomic E-state index is 9.02. The van der Waals surface area contributed by atoms with Crippen LogP contribution in [0.2, 0.25) is 0 Å². The molecule has 1 aliphatic rings. The van der Waals surface area contributed by atoms with Gasteiger partial charge in [-0.15, -0.1) is 0 Å². The molecule has 1 aromatic rings. The zero-order valence-electron chi connectivity index (χ0n) is 9.20. The van der Waals surface area contributed by atoms with Gasteiger partial charge in [0.15, 0.2) is 0 Å². The standard InChI is InChI=1S/C12H15N3/c1-12(2,8-13)11-14-7-6-10(15-11)9-4-3-5-9/h6-7,9H,3-5H2,1-2H3. The first-order chi connectivity index (χ1) is 7.13. The Labute approximate surface area is 90.2 Å². The van der Waals surface area contributed by atoms with Crippen LogP contribution in [0.1, 0.15) is 50.5 Å². The lowest BCUT2D eigenvalue weighted by Gasteiger charge is -2.25. The van der Waals surface area contributed by atoms with Crippen LogP contribution < -0.4 is 0 Å². The molecule has 1 fully saturated rings. The van der Waals surface area contributed by atoms with E-state index in [2.05, 4.69) is 16.0 Å². The van der Waals surface area contributed by atoms with Crippen molar-refractivity contribution < 1.29 is 0 Å². The summed E-state index contributed by atoms with van der Waals surface area (Å²) in [5, 5.41) is 9.02. The van der Waals surface area contributed by atoms with Gasteiger partial charge in [-0.25, -0.2) is 9.97 Å². The largest absolute Gasteiger partial charge is 0.240 e. The molecular weight excluding hydrogens is 186 g/mol. The number of hydrogen-bond acceptors (Lipinski definition) is 3. The molecule has 1 heterocycles. The predicted molar refractivity (Wildman–Crippen MR) is 57.3 cm³/mol. The number of nitrogens with zero attached hydrogens (tertiary/aromatic N) is 3. The molecule has 3 nitrogen and oxygen atoms in total. The van der Waals surface area contributed by atoms with E-state index in [1.165, 1.54) is 19.3 Å². The Morgan fingerprint density at radius 2 is 2.20 bits per heavy atom. The molecule has 0 aliphatic heterocycles. The van der Waals surface area contributed by atoms with Gasteiger partial charge in [-0.1, -0.05) is 6.42 Å². The molecule has 0 N–H and O–H groups in total. The van der Waals surface area contributed by atoms with E-state index in [0.717, 1.165) is 5.69 Å². The molecular formula is C12H15N3. The van der Waals surface area contributed by atoms with Gasteiger partial charge in [-0.3, -0.25) is 0 Å². The molecule has 0 aromatic carbocycles. The third-order valence-electron chi connectivity index (χ3n) is 3.04. The number of aromatic nitrogens is 2. The van der Waals surface area contributed by atoms with Crippen LogP contribution in [0.4, 0.5) is 0 Å². The SMILES string of the molecule is CC(C)(C#N)c1nccc(C2CCC2)n1. The summed E-state index contributed by atoms with van der Waals surface area (Å²) in [5.41, 5.74) is 0.523. The molecule has 0 saturated heterocycles. The Hall–Kier alpha value is -1.43. The summed E-state index contributed by atoms with van der Waals surface area (Å²) in [6, 6.07) is 4.21. The van der Waals surface area contributed by atoms with Crippen molar-refractivity contribution in [2.75, 3.05) is 0 Å². The zero-order chi connectivity index (χ0) is 10.9. The lowest BCUT2D eigenvalue weighted by molar-refractivity contribution is 0.407. The Kier molecular flexibility index (Phi) is 2.44. The van der Waals surface area contributed by atoms with Crippen LogP contribution in [0.25, 0.3) is 0 Å². The quantitative estimate of drug-likeness (QED) is 0.738. The van der Waals surface area contributed by atoms with Crippen molar-refractivity contribution in [2.45, 2.75) is 44.4 Å². The van der Waals surface area contributed by atoms with E-state index in [4.69, 9.17) is 5.26 Å². The van der Waals surface area contributed by atoms with E-state index in [0.29, 0.717) is 11.7 Å². The average Bonchev–Trinajstić information content (AvgIpc) is 2.16. The lowest BCUT2D eigenvalue weighted by Crippen LogP contribution is -2.20. The van der Waals surface area contributed by atoms with Crippen molar-refractivity contribution in [3.05, 3.63) is 23.8 Å². The molecule has 0 amide bonds. The molecule has 2 rings (SSSR count). The van der Waals surface area contributed by atoms with Gasteiger partial charge in [0, 0.05) is 17.8 Å². The van der Waals surface area contributed by atoms with Gasteiger partial charge in [-0.05, 0) is 32.8 Å². The summed E-state index contributed by atoms with van der Waals surface area (Å²) in [7, 11) is 0. The van der Waals surface area contributed by atoms with Crippen molar-refractivity contribution in [3.63, 3.8) is 0 Å².